The molecule has 1 heterocycles. The van der Waals surface area contributed by atoms with Crippen LogP contribution in [0.25, 0.3) is 0 Å². The van der Waals surface area contributed by atoms with Crippen LogP contribution in [0.4, 0.5) is 0 Å². The van der Waals surface area contributed by atoms with Crippen LogP contribution in [0.1, 0.15) is 35.6 Å². The summed E-state index contributed by atoms with van der Waals surface area (Å²) in [6.07, 6.45) is 2.95. The maximum absolute atomic E-state index is 12.3. The van der Waals surface area contributed by atoms with Crippen LogP contribution < -0.4 is 5.32 Å². The number of carbonyl (C=O) groups is 1. The Morgan fingerprint density at radius 1 is 1.04 bits per heavy atom. The normalized spacial score (nSPS) is 16.0. The van der Waals surface area contributed by atoms with Gasteiger partial charge in [0.25, 0.3) is 0 Å². The summed E-state index contributed by atoms with van der Waals surface area (Å²) < 4.78 is 0. The molecule has 1 saturated heterocycles. The van der Waals surface area contributed by atoms with Crippen molar-refractivity contribution < 1.29 is 4.79 Å². The highest BCUT2D eigenvalue weighted by molar-refractivity contribution is 5.78. The van der Waals surface area contributed by atoms with E-state index < -0.39 is 0 Å². The number of likely N-dealkylation sites (tertiary alicyclic amines) is 1. The number of carbonyl (C=O) groups excluding carboxylic acids is 1. The van der Waals surface area contributed by atoms with Gasteiger partial charge in [0.05, 0.1) is 12.5 Å². The zero-order chi connectivity index (χ0) is 16.8. The topological polar surface area (TPSA) is 32.3 Å². The molecule has 2 aromatic rings. The molecular formula is C21H26N2O. The van der Waals surface area contributed by atoms with Gasteiger partial charge in [-0.15, -0.1) is 0 Å². The minimum Gasteiger partial charge on any atom is -0.354 e. The highest BCUT2D eigenvalue weighted by Crippen LogP contribution is 2.24. The second-order valence-corrected chi connectivity index (χ2v) is 6.64. The highest BCUT2D eigenvalue weighted by Gasteiger charge is 2.23. The number of amides is 1. The average molecular weight is 322 g/mol. The van der Waals surface area contributed by atoms with E-state index in [4.69, 9.17) is 0 Å². The molecule has 1 amide bonds. The molecule has 0 saturated carbocycles. The summed E-state index contributed by atoms with van der Waals surface area (Å²) in [5, 5.41) is 3.14. The van der Waals surface area contributed by atoms with E-state index in [1.54, 1.807) is 0 Å². The SMILES string of the molecule is Cc1ccc([C@H](CNC(=O)Cc2ccccc2)N2CCCC2)cc1. The van der Waals surface area contributed by atoms with Crippen molar-refractivity contribution in [3.8, 4) is 0 Å². The molecule has 0 aromatic heterocycles. The van der Waals surface area contributed by atoms with Crippen LogP contribution in [0.15, 0.2) is 54.6 Å². The molecule has 3 heteroatoms. The second-order valence-electron chi connectivity index (χ2n) is 6.64. The van der Waals surface area contributed by atoms with Gasteiger partial charge < -0.3 is 5.32 Å². The van der Waals surface area contributed by atoms with Crippen molar-refractivity contribution in [3.05, 3.63) is 71.3 Å². The van der Waals surface area contributed by atoms with Crippen LogP contribution in [-0.4, -0.2) is 30.4 Å². The summed E-state index contributed by atoms with van der Waals surface area (Å²) in [7, 11) is 0. The molecule has 0 radical (unpaired) electrons. The summed E-state index contributed by atoms with van der Waals surface area (Å²) >= 11 is 0. The molecule has 1 aliphatic heterocycles. The van der Waals surface area contributed by atoms with Crippen LogP contribution in [0.3, 0.4) is 0 Å². The number of nitrogens with zero attached hydrogens (tertiary/aromatic N) is 1. The molecule has 3 nitrogen and oxygen atoms in total. The Morgan fingerprint density at radius 3 is 2.38 bits per heavy atom. The van der Waals surface area contributed by atoms with E-state index in [2.05, 4.69) is 41.4 Å². The minimum atomic E-state index is 0.0949. The van der Waals surface area contributed by atoms with Crippen molar-refractivity contribution in [1.82, 2.24) is 10.2 Å². The molecule has 0 unspecified atom stereocenters. The molecule has 2 aromatic carbocycles. The third kappa shape index (κ3) is 4.45. The zero-order valence-corrected chi connectivity index (χ0v) is 14.4. The predicted octanol–water partition coefficient (Wildman–Crippen LogP) is 3.49. The van der Waals surface area contributed by atoms with Crippen molar-refractivity contribution >= 4 is 5.91 Å². The van der Waals surface area contributed by atoms with Gasteiger partial charge in [-0.3, -0.25) is 9.69 Å². The van der Waals surface area contributed by atoms with Crippen LogP contribution >= 0.6 is 0 Å². The molecule has 1 atom stereocenters. The molecule has 1 aliphatic rings. The lowest BCUT2D eigenvalue weighted by atomic mass is 10.0. The lowest BCUT2D eigenvalue weighted by molar-refractivity contribution is -0.120. The lowest BCUT2D eigenvalue weighted by Crippen LogP contribution is -2.37. The first kappa shape index (κ1) is 16.7. The van der Waals surface area contributed by atoms with Crippen molar-refractivity contribution in [2.45, 2.75) is 32.2 Å². The highest BCUT2D eigenvalue weighted by atomic mass is 16.1. The van der Waals surface area contributed by atoms with Gasteiger partial charge >= 0.3 is 0 Å². The van der Waals surface area contributed by atoms with Gasteiger partial charge in [0.1, 0.15) is 0 Å². The maximum atomic E-state index is 12.3. The second kappa shape index (κ2) is 8.11. The molecule has 3 rings (SSSR count). The van der Waals surface area contributed by atoms with E-state index >= 15 is 0 Å². The number of benzene rings is 2. The summed E-state index contributed by atoms with van der Waals surface area (Å²) in [6.45, 7) is 5.02. The summed E-state index contributed by atoms with van der Waals surface area (Å²) in [5.41, 5.74) is 3.62. The fourth-order valence-corrected chi connectivity index (χ4v) is 3.35. The largest absolute Gasteiger partial charge is 0.354 e. The Labute approximate surface area is 144 Å². The number of hydrogen-bond acceptors (Lipinski definition) is 2. The number of aryl methyl sites for hydroxylation is 1. The Morgan fingerprint density at radius 2 is 1.71 bits per heavy atom. The Kier molecular flexibility index (Phi) is 5.65. The molecule has 0 bridgehead atoms. The average Bonchev–Trinajstić information content (AvgIpc) is 3.12. The van der Waals surface area contributed by atoms with Crippen molar-refractivity contribution in [1.29, 1.82) is 0 Å². The van der Waals surface area contributed by atoms with Crippen LogP contribution in [0, 0.1) is 6.92 Å². The lowest BCUT2D eigenvalue weighted by Gasteiger charge is -2.28. The van der Waals surface area contributed by atoms with Gasteiger partial charge in [-0.2, -0.15) is 0 Å². The third-order valence-corrected chi connectivity index (χ3v) is 4.74. The van der Waals surface area contributed by atoms with Gasteiger partial charge in [-0.25, -0.2) is 0 Å². The van der Waals surface area contributed by atoms with Crippen LogP contribution in [-0.2, 0) is 11.2 Å². The van der Waals surface area contributed by atoms with E-state index in [1.807, 2.05) is 30.3 Å². The molecule has 0 spiro atoms. The first-order valence-electron chi connectivity index (χ1n) is 8.83. The van der Waals surface area contributed by atoms with E-state index in [9.17, 15) is 4.79 Å². The third-order valence-electron chi connectivity index (χ3n) is 4.74. The predicted molar refractivity (Wildman–Crippen MR) is 97.9 cm³/mol. The van der Waals surface area contributed by atoms with E-state index in [1.165, 1.54) is 24.0 Å². The van der Waals surface area contributed by atoms with Crippen molar-refractivity contribution in [2.24, 2.45) is 0 Å². The summed E-state index contributed by atoms with van der Waals surface area (Å²) in [4.78, 5) is 14.8. The fraction of sp³-hybridized carbons (Fsp3) is 0.381. The molecule has 24 heavy (non-hydrogen) atoms. The zero-order valence-electron chi connectivity index (χ0n) is 14.4. The van der Waals surface area contributed by atoms with Crippen molar-refractivity contribution in [2.75, 3.05) is 19.6 Å². The van der Waals surface area contributed by atoms with Crippen LogP contribution in [0.2, 0.25) is 0 Å². The van der Waals surface area contributed by atoms with Gasteiger partial charge in [0.15, 0.2) is 0 Å². The minimum absolute atomic E-state index is 0.0949. The molecular weight excluding hydrogens is 296 g/mol. The Bertz CT molecular complexity index is 645. The molecule has 1 fully saturated rings. The first-order chi connectivity index (χ1) is 11.7. The van der Waals surface area contributed by atoms with Crippen LogP contribution in [0.5, 0.6) is 0 Å². The Hall–Kier alpha value is -2.13. The Balaban J connectivity index is 1.63. The van der Waals surface area contributed by atoms with Gasteiger partial charge in [-0.1, -0.05) is 60.2 Å². The molecule has 0 aliphatic carbocycles. The molecule has 1 N–H and O–H groups in total. The quantitative estimate of drug-likeness (QED) is 0.883. The number of rotatable bonds is 6. The first-order valence-corrected chi connectivity index (χ1v) is 8.83. The smallest absolute Gasteiger partial charge is 0.224 e. The van der Waals surface area contributed by atoms with Crippen molar-refractivity contribution in [3.63, 3.8) is 0 Å². The van der Waals surface area contributed by atoms with E-state index in [0.29, 0.717) is 13.0 Å². The summed E-state index contributed by atoms with van der Waals surface area (Å²) in [5.74, 6) is 0.0949. The summed E-state index contributed by atoms with van der Waals surface area (Å²) in [6, 6.07) is 18.9. The molecule has 126 valence electrons. The van der Waals surface area contributed by atoms with Gasteiger partial charge in [-0.05, 0) is 44.0 Å². The van der Waals surface area contributed by atoms with E-state index in [-0.39, 0.29) is 11.9 Å². The monoisotopic (exact) mass is 322 g/mol. The number of nitrogens with one attached hydrogen (secondary N) is 1. The van der Waals surface area contributed by atoms with Gasteiger partial charge in [0.2, 0.25) is 5.91 Å². The maximum Gasteiger partial charge on any atom is 0.224 e. The standard InChI is InChI=1S/C21H26N2O/c1-17-9-11-19(12-10-17)20(23-13-5-6-14-23)16-22-21(24)15-18-7-3-2-4-8-18/h2-4,7-12,20H,5-6,13-16H2,1H3,(H,22,24)/t20-/m0/s1. The van der Waals surface area contributed by atoms with Gasteiger partial charge in [0, 0.05) is 6.54 Å². The number of hydrogen-bond donors (Lipinski definition) is 1. The fourth-order valence-electron chi connectivity index (χ4n) is 3.35. The van der Waals surface area contributed by atoms with E-state index in [0.717, 1.165) is 18.7 Å².